The lowest BCUT2D eigenvalue weighted by Gasteiger charge is -2.37. The average molecular weight is 190 g/mol. The molecule has 76 valence electrons. The Morgan fingerprint density at radius 1 is 1.07 bits per heavy atom. The van der Waals surface area contributed by atoms with Crippen molar-refractivity contribution in [2.24, 2.45) is 5.41 Å². The second-order valence-electron chi connectivity index (χ2n) is 4.96. The SMILES string of the molecule is CC1(C)CCCC1(O)c1ccccc1. The molecule has 0 aromatic heterocycles. The van der Waals surface area contributed by atoms with Gasteiger partial charge in [0.25, 0.3) is 0 Å². The number of rotatable bonds is 1. The molecule has 14 heavy (non-hydrogen) atoms. The van der Waals surface area contributed by atoms with Crippen LogP contribution in [0.5, 0.6) is 0 Å². The van der Waals surface area contributed by atoms with E-state index >= 15 is 0 Å². The van der Waals surface area contributed by atoms with Crippen LogP contribution in [0.1, 0.15) is 38.7 Å². The summed E-state index contributed by atoms with van der Waals surface area (Å²) in [6, 6.07) is 10.1. The van der Waals surface area contributed by atoms with Crippen molar-refractivity contribution >= 4 is 0 Å². The molecule has 1 heteroatoms. The first-order chi connectivity index (χ1) is 6.56. The van der Waals surface area contributed by atoms with Gasteiger partial charge in [0, 0.05) is 0 Å². The average Bonchev–Trinajstić information content (AvgIpc) is 2.44. The molecule has 0 amide bonds. The molecule has 1 saturated carbocycles. The van der Waals surface area contributed by atoms with Crippen molar-refractivity contribution in [3.05, 3.63) is 35.9 Å². The van der Waals surface area contributed by atoms with Crippen LogP contribution >= 0.6 is 0 Å². The van der Waals surface area contributed by atoms with Crippen molar-refractivity contribution in [2.45, 2.75) is 38.7 Å². The first kappa shape index (κ1) is 9.72. The van der Waals surface area contributed by atoms with Crippen LogP contribution in [-0.4, -0.2) is 5.11 Å². The van der Waals surface area contributed by atoms with E-state index in [0.717, 1.165) is 24.8 Å². The summed E-state index contributed by atoms with van der Waals surface area (Å²) in [6.07, 6.45) is 3.13. The zero-order valence-electron chi connectivity index (χ0n) is 8.96. The number of hydrogen-bond donors (Lipinski definition) is 1. The molecule has 0 spiro atoms. The van der Waals surface area contributed by atoms with Crippen molar-refractivity contribution in [1.29, 1.82) is 0 Å². The Balaban J connectivity index is 2.42. The third kappa shape index (κ3) is 1.27. The third-order valence-electron chi connectivity index (χ3n) is 3.71. The zero-order valence-corrected chi connectivity index (χ0v) is 8.96. The third-order valence-corrected chi connectivity index (χ3v) is 3.71. The summed E-state index contributed by atoms with van der Waals surface area (Å²) in [5.41, 5.74) is 0.463. The molecule has 1 aliphatic rings. The van der Waals surface area contributed by atoms with Gasteiger partial charge in [0.1, 0.15) is 0 Å². The molecule has 1 unspecified atom stereocenters. The van der Waals surface area contributed by atoms with Gasteiger partial charge in [-0.2, -0.15) is 0 Å². The normalized spacial score (nSPS) is 30.5. The Morgan fingerprint density at radius 2 is 1.71 bits per heavy atom. The Labute approximate surface area is 85.8 Å². The van der Waals surface area contributed by atoms with Crippen LogP contribution < -0.4 is 0 Å². The van der Waals surface area contributed by atoms with E-state index < -0.39 is 5.60 Å². The van der Waals surface area contributed by atoms with Gasteiger partial charge < -0.3 is 5.11 Å². The molecular formula is C13H18O. The van der Waals surface area contributed by atoms with Crippen LogP contribution in [0.2, 0.25) is 0 Å². The van der Waals surface area contributed by atoms with Crippen molar-refractivity contribution < 1.29 is 5.11 Å². The van der Waals surface area contributed by atoms with Crippen LogP contribution in [-0.2, 0) is 5.60 Å². The maximum atomic E-state index is 10.7. The van der Waals surface area contributed by atoms with Gasteiger partial charge in [-0.05, 0) is 30.2 Å². The second-order valence-corrected chi connectivity index (χ2v) is 4.96. The van der Waals surface area contributed by atoms with Crippen molar-refractivity contribution in [2.75, 3.05) is 0 Å². The number of benzene rings is 1. The maximum absolute atomic E-state index is 10.7. The highest BCUT2D eigenvalue weighted by molar-refractivity contribution is 5.26. The molecule has 1 atom stereocenters. The Bertz CT molecular complexity index is 315. The first-order valence-corrected chi connectivity index (χ1v) is 5.34. The quantitative estimate of drug-likeness (QED) is 0.721. The molecule has 0 heterocycles. The van der Waals surface area contributed by atoms with Gasteiger partial charge in [-0.1, -0.05) is 44.2 Å². The predicted molar refractivity (Wildman–Crippen MR) is 58.0 cm³/mol. The van der Waals surface area contributed by atoms with Crippen LogP contribution in [0.15, 0.2) is 30.3 Å². The molecule has 1 nitrogen and oxygen atoms in total. The summed E-state index contributed by atoms with van der Waals surface area (Å²) in [5, 5.41) is 10.7. The molecule has 1 aromatic carbocycles. The van der Waals surface area contributed by atoms with E-state index in [4.69, 9.17) is 0 Å². The van der Waals surface area contributed by atoms with Crippen LogP contribution in [0.25, 0.3) is 0 Å². The van der Waals surface area contributed by atoms with Crippen molar-refractivity contribution in [1.82, 2.24) is 0 Å². The summed E-state index contributed by atoms with van der Waals surface area (Å²) in [6.45, 7) is 4.32. The molecule has 2 rings (SSSR count). The molecule has 0 saturated heterocycles. The summed E-state index contributed by atoms with van der Waals surface area (Å²) < 4.78 is 0. The first-order valence-electron chi connectivity index (χ1n) is 5.34. The highest BCUT2D eigenvalue weighted by Crippen LogP contribution is 2.51. The Kier molecular flexibility index (Phi) is 2.15. The highest BCUT2D eigenvalue weighted by atomic mass is 16.3. The molecule has 0 bridgehead atoms. The smallest absolute Gasteiger partial charge is 0.0947 e. The fourth-order valence-electron chi connectivity index (χ4n) is 2.58. The largest absolute Gasteiger partial charge is 0.385 e. The van der Waals surface area contributed by atoms with Crippen LogP contribution in [0.4, 0.5) is 0 Å². The van der Waals surface area contributed by atoms with E-state index in [0.29, 0.717) is 0 Å². The van der Waals surface area contributed by atoms with Gasteiger partial charge in [0.15, 0.2) is 0 Å². The van der Waals surface area contributed by atoms with E-state index in [1.54, 1.807) is 0 Å². The van der Waals surface area contributed by atoms with E-state index in [1.165, 1.54) is 0 Å². The Hall–Kier alpha value is -0.820. The van der Waals surface area contributed by atoms with Crippen molar-refractivity contribution in [3.63, 3.8) is 0 Å². The van der Waals surface area contributed by atoms with E-state index in [9.17, 15) is 5.11 Å². The van der Waals surface area contributed by atoms with E-state index in [1.807, 2.05) is 30.3 Å². The summed E-state index contributed by atoms with van der Waals surface area (Å²) in [7, 11) is 0. The van der Waals surface area contributed by atoms with Crippen LogP contribution in [0.3, 0.4) is 0 Å². The standard InChI is InChI=1S/C13H18O/c1-12(2)9-6-10-13(12,14)11-7-4-3-5-8-11/h3-5,7-8,14H,6,9-10H2,1-2H3. The topological polar surface area (TPSA) is 20.2 Å². The van der Waals surface area contributed by atoms with Crippen LogP contribution in [0, 0.1) is 5.41 Å². The lowest BCUT2D eigenvalue weighted by molar-refractivity contribution is -0.0485. The van der Waals surface area contributed by atoms with Gasteiger partial charge in [-0.25, -0.2) is 0 Å². The highest BCUT2D eigenvalue weighted by Gasteiger charge is 2.48. The fourth-order valence-corrected chi connectivity index (χ4v) is 2.58. The fraction of sp³-hybridized carbons (Fsp3) is 0.538. The van der Waals surface area contributed by atoms with E-state index in [2.05, 4.69) is 13.8 Å². The zero-order chi connectivity index (χ0) is 10.2. The van der Waals surface area contributed by atoms with Gasteiger partial charge >= 0.3 is 0 Å². The Morgan fingerprint density at radius 3 is 2.21 bits per heavy atom. The lowest BCUT2D eigenvalue weighted by atomic mass is 9.73. The summed E-state index contributed by atoms with van der Waals surface area (Å²) >= 11 is 0. The molecule has 1 fully saturated rings. The van der Waals surface area contributed by atoms with Gasteiger partial charge in [-0.15, -0.1) is 0 Å². The van der Waals surface area contributed by atoms with Gasteiger partial charge in [-0.3, -0.25) is 0 Å². The molecule has 0 radical (unpaired) electrons. The van der Waals surface area contributed by atoms with Gasteiger partial charge in [0.2, 0.25) is 0 Å². The maximum Gasteiger partial charge on any atom is 0.0947 e. The number of hydrogen-bond acceptors (Lipinski definition) is 1. The summed E-state index contributed by atoms with van der Waals surface area (Å²) in [5.74, 6) is 0. The molecule has 0 aliphatic heterocycles. The minimum absolute atomic E-state index is 0.00829. The second kappa shape index (κ2) is 3.09. The molecule has 1 aliphatic carbocycles. The molecular weight excluding hydrogens is 172 g/mol. The monoisotopic (exact) mass is 190 g/mol. The summed E-state index contributed by atoms with van der Waals surface area (Å²) in [4.78, 5) is 0. The molecule has 1 aromatic rings. The lowest BCUT2D eigenvalue weighted by Crippen LogP contribution is -2.36. The molecule has 1 N–H and O–H groups in total. The minimum atomic E-state index is -0.617. The van der Waals surface area contributed by atoms with Crippen molar-refractivity contribution in [3.8, 4) is 0 Å². The van der Waals surface area contributed by atoms with E-state index in [-0.39, 0.29) is 5.41 Å². The predicted octanol–water partition coefficient (Wildman–Crippen LogP) is 3.08. The minimum Gasteiger partial charge on any atom is -0.385 e. The van der Waals surface area contributed by atoms with Gasteiger partial charge in [0.05, 0.1) is 5.60 Å². The number of aliphatic hydroxyl groups is 1.